The molecule has 1 radical (unpaired) electrons. The van der Waals surface area contributed by atoms with Crippen LogP contribution in [0.4, 0.5) is 0 Å². The van der Waals surface area contributed by atoms with Crippen LogP contribution in [0.25, 0.3) is 17.2 Å². The van der Waals surface area contributed by atoms with E-state index in [1.54, 1.807) is 19.3 Å². The summed E-state index contributed by atoms with van der Waals surface area (Å²) in [6, 6.07) is 14.5. The summed E-state index contributed by atoms with van der Waals surface area (Å²) in [4.78, 5) is 26.2. The summed E-state index contributed by atoms with van der Waals surface area (Å²) < 4.78 is 6.11. The number of hydrogen-bond donors (Lipinski definition) is 1. The van der Waals surface area contributed by atoms with Crippen LogP contribution in [0.2, 0.25) is 5.02 Å². The van der Waals surface area contributed by atoms with Crippen molar-refractivity contribution in [2.75, 3.05) is 26.8 Å². The summed E-state index contributed by atoms with van der Waals surface area (Å²) in [6.07, 6.45) is 5.35. The molecule has 2 aromatic carbocycles. The molecule has 1 aliphatic heterocycles. The minimum atomic E-state index is -0.191. The molecule has 0 unspecified atom stereocenters. The summed E-state index contributed by atoms with van der Waals surface area (Å²) in [6.45, 7) is 1.66. The van der Waals surface area contributed by atoms with Gasteiger partial charge in [-0.05, 0) is 36.1 Å². The van der Waals surface area contributed by atoms with Crippen LogP contribution in [0.3, 0.4) is 0 Å². The van der Waals surface area contributed by atoms with Crippen LogP contribution >= 0.6 is 27.5 Å². The molecule has 163 valence electrons. The maximum absolute atomic E-state index is 12.3. The first-order chi connectivity index (χ1) is 15.0. The SMILES string of the molecule is COC[C@@H]1CCC(=O)N1CCCNC(=O)/C=C/c1cc[c]c(Cl)c1-c1ccccc1Br. The predicted molar refractivity (Wildman–Crippen MR) is 127 cm³/mol. The Balaban J connectivity index is 1.57. The minimum absolute atomic E-state index is 0.142. The average Bonchev–Trinajstić information content (AvgIpc) is 3.10. The number of carbonyl (C=O) groups is 2. The second kappa shape index (κ2) is 11.5. The van der Waals surface area contributed by atoms with Crippen molar-refractivity contribution in [3.63, 3.8) is 0 Å². The molecule has 1 N–H and O–H groups in total. The fraction of sp³-hybridized carbons (Fsp3) is 0.333. The maximum atomic E-state index is 12.3. The highest BCUT2D eigenvalue weighted by molar-refractivity contribution is 9.10. The van der Waals surface area contributed by atoms with E-state index in [-0.39, 0.29) is 17.9 Å². The number of nitrogens with one attached hydrogen (secondary N) is 1. The van der Waals surface area contributed by atoms with Gasteiger partial charge in [-0.1, -0.05) is 57.9 Å². The van der Waals surface area contributed by atoms with Crippen LogP contribution in [0.15, 0.2) is 46.9 Å². The van der Waals surface area contributed by atoms with E-state index in [4.69, 9.17) is 16.3 Å². The number of benzene rings is 2. The van der Waals surface area contributed by atoms with Gasteiger partial charge in [0.15, 0.2) is 0 Å². The Morgan fingerprint density at radius 3 is 2.97 bits per heavy atom. The molecular weight excluding hydrogens is 480 g/mol. The number of hydrogen-bond acceptors (Lipinski definition) is 3. The van der Waals surface area contributed by atoms with E-state index < -0.39 is 0 Å². The number of halogens is 2. The number of amides is 2. The van der Waals surface area contributed by atoms with Crippen molar-refractivity contribution < 1.29 is 14.3 Å². The molecule has 1 aliphatic rings. The maximum Gasteiger partial charge on any atom is 0.244 e. The van der Waals surface area contributed by atoms with Crippen molar-refractivity contribution in [1.82, 2.24) is 10.2 Å². The Morgan fingerprint density at radius 1 is 1.39 bits per heavy atom. The third-order valence-corrected chi connectivity index (χ3v) is 6.21. The zero-order chi connectivity index (χ0) is 22.2. The van der Waals surface area contributed by atoms with Crippen LogP contribution in [0, 0.1) is 6.07 Å². The van der Waals surface area contributed by atoms with Gasteiger partial charge in [0.1, 0.15) is 0 Å². The summed E-state index contributed by atoms with van der Waals surface area (Å²) in [5.41, 5.74) is 2.58. The number of carbonyl (C=O) groups excluding carboxylic acids is 2. The lowest BCUT2D eigenvalue weighted by Crippen LogP contribution is -2.38. The van der Waals surface area contributed by atoms with Crippen LogP contribution in [0.5, 0.6) is 0 Å². The Kier molecular flexibility index (Phi) is 8.69. The van der Waals surface area contributed by atoms with Crippen molar-refractivity contribution in [2.45, 2.75) is 25.3 Å². The van der Waals surface area contributed by atoms with Crippen LogP contribution in [-0.4, -0.2) is 49.6 Å². The summed E-state index contributed by atoms with van der Waals surface area (Å²) in [7, 11) is 1.65. The zero-order valence-electron chi connectivity index (χ0n) is 17.4. The number of rotatable bonds is 9. The Morgan fingerprint density at radius 2 is 2.19 bits per heavy atom. The molecule has 0 aliphatic carbocycles. The van der Waals surface area contributed by atoms with E-state index in [9.17, 15) is 9.59 Å². The largest absolute Gasteiger partial charge is 0.383 e. The van der Waals surface area contributed by atoms with Gasteiger partial charge in [0.25, 0.3) is 0 Å². The lowest BCUT2D eigenvalue weighted by molar-refractivity contribution is -0.129. The third kappa shape index (κ3) is 6.19. The van der Waals surface area contributed by atoms with Crippen molar-refractivity contribution in [3.05, 3.63) is 63.6 Å². The van der Waals surface area contributed by atoms with Crippen molar-refractivity contribution in [3.8, 4) is 11.1 Å². The molecule has 31 heavy (non-hydrogen) atoms. The molecule has 3 rings (SSSR count). The van der Waals surface area contributed by atoms with Gasteiger partial charge in [-0.25, -0.2) is 0 Å². The normalized spacial score (nSPS) is 16.3. The molecule has 0 aromatic heterocycles. The van der Waals surface area contributed by atoms with Crippen LogP contribution in [0.1, 0.15) is 24.8 Å². The van der Waals surface area contributed by atoms with E-state index in [2.05, 4.69) is 27.3 Å². The second-order valence-electron chi connectivity index (χ2n) is 7.31. The fourth-order valence-electron chi connectivity index (χ4n) is 3.71. The first-order valence-electron chi connectivity index (χ1n) is 10.2. The Labute approximate surface area is 196 Å². The fourth-order valence-corrected chi connectivity index (χ4v) is 4.47. The molecule has 1 fully saturated rings. The number of ether oxygens (including phenoxy) is 1. The molecule has 5 nitrogen and oxygen atoms in total. The van der Waals surface area contributed by atoms with Gasteiger partial charge in [-0.2, -0.15) is 0 Å². The predicted octanol–water partition coefficient (Wildman–Crippen LogP) is 4.73. The van der Waals surface area contributed by atoms with Gasteiger partial charge in [0.05, 0.1) is 17.7 Å². The van der Waals surface area contributed by atoms with E-state index >= 15 is 0 Å². The molecule has 0 saturated carbocycles. The quantitative estimate of drug-likeness (QED) is 0.397. The Hall–Kier alpha value is -2.15. The molecule has 0 bridgehead atoms. The number of methoxy groups -OCH3 is 1. The lowest BCUT2D eigenvalue weighted by Gasteiger charge is -2.24. The van der Waals surface area contributed by atoms with E-state index in [1.807, 2.05) is 35.2 Å². The molecule has 1 heterocycles. The van der Waals surface area contributed by atoms with Gasteiger partial charge < -0.3 is 15.0 Å². The highest BCUT2D eigenvalue weighted by Crippen LogP contribution is 2.36. The van der Waals surface area contributed by atoms with E-state index in [0.29, 0.717) is 37.6 Å². The summed E-state index contributed by atoms with van der Waals surface area (Å²) >= 11 is 9.97. The first kappa shape index (κ1) is 23.5. The number of likely N-dealkylation sites (tertiary alicyclic amines) is 1. The highest BCUT2D eigenvalue weighted by Gasteiger charge is 2.30. The van der Waals surface area contributed by atoms with Gasteiger partial charge in [-0.15, -0.1) is 0 Å². The standard InChI is InChI=1S/C24H25BrClN2O3/c1-31-16-18-11-13-23(30)28(18)15-5-14-27-22(29)12-10-17-6-4-9-21(26)24(17)19-7-2-3-8-20(19)25/h2-4,6-8,10,12,18H,5,11,13-16H2,1H3,(H,27,29)/b12-10+/t18-/m0/s1. The van der Waals surface area contributed by atoms with Gasteiger partial charge in [0, 0.05) is 48.8 Å². The molecule has 1 atom stereocenters. The Bertz CT molecular complexity index is 964. The molecule has 0 spiro atoms. The summed E-state index contributed by atoms with van der Waals surface area (Å²) in [5, 5.41) is 3.37. The van der Waals surface area contributed by atoms with Gasteiger partial charge in [-0.3, -0.25) is 9.59 Å². The van der Waals surface area contributed by atoms with Gasteiger partial charge >= 0.3 is 0 Å². The van der Waals surface area contributed by atoms with Gasteiger partial charge in [0.2, 0.25) is 11.8 Å². The van der Waals surface area contributed by atoms with Crippen molar-refractivity contribution in [2.24, 2.45) is 0 Å². The lowest BCUT2D eigenvalue weighted by atomic mass is 9.99. The van der Waals surface area contributed by atoms with Crippen LogP contribution in [-0.2, 0) is 14.3 Å². The average molecular weight is 505 g/mol. The molecular formula is C24H25BrClN2O3. The highest BCUT2D eigenvalue weighted by atomic mass is 79.9. The smallest absolute Gasteiger partial charge is 0.244 e. The molecule has 2 amide bonds. The van der Waals surface area contributed by atoms with E-state index in [0.717, 1.165) is 27.6 Å². The zero-order valence-corrected chi connectivity index (χ0v) is 19.7. The summed E-state index contributed by atoms with van der Waals surface area (Å²) in [5.74, 6) is -0.0335. The second-order valence-corrected chi connectivity index (χ2v) is 8.55. The monoisotopic (exact) mass is 503 g/mol. The minimum Gasteiger partial charge on any atom is -0.383 e. The topological polar surface area (TPSA) is 58.6 Å². The number of nitrogens with zero attached hydrogens (tertiary/aromatic N) is 1. The molecule has 2 aromatic rings. The molecule has 7 heteroatoms. The van der Waals surface area contributed by atoms with Crippen molar-refractivity contribution >= 4 is 45.4 Å². The molecule has 1 saturated heterocycles. The van der Waals surface area contributed by atoms with Crippen molar-refractivity contribution in [1.29, 1.82) is 0 Å². The first-order valence-corrected chi connectivity index (χ1v) is 11.4. The third-order valence-electron chi connectivity index (χ3n) is 5.23. The van der Waals surface area contributed by atoms with Crippen LogP contribution < -0.4 is 5.32 Å². The van der Waals surface area contributed by atoms with E-state index in [1.165, 1.54) is 6.08 Å².